The molecule has 2 N–H and O–H groups in total. The quantitative estimate of drug-likeness (QED) is 0.687. The van der Waals surface area contributed by atoms with Gasteiger partial charge in [-0.2, -0.15) is 0 Å². The molecule has 3 atom stereocenters. The lowest BCUT2D eigenvalue weighted by Crippen LogP contribution is -2.52. The Hall–Kier alpha value is -0.0800. The van der Waals surface area contributed by atoms with Crippen molar-refractivity contribution in [3.05, 3.63) is 0 Å². The summed E-state index contributed by atoms with van der Waals surface area (Å²) in [6.45, 7) is 7.48. The fourth-order valence-electron chi connectivity index (χ4n) is 3.28. The minimum Gasteiger partial charge on any atom is -0.374 e. The van der Waals surface area contributed by atoms with Crippen molar-refractivity contribution in [2.45, 2.75) is 83.8 Å². The zero-order valence-electron chi connectivity index (χ0n) is 12.0. The lowest BCUT2D eigenvalue weighted by molar-refractivity contribution is -0.0943. The molecule has 17 heavy (non-hydrogen) atoms. The van der Waals surface area contributed by atoms with E-state index in [-0.39, 0.29) is 11.6 Å². The third-order valence-corrected chi connectivity index (χ3v) is 4.22. The van der Waals surface area contributed by atoms with Crippen LogP contribution in [0.4, 0.5) is 0 Å². The maximum absolute atomic E-state index is 6.45. The van der Waals surface area contributed by atoms with Crippen LogP contribution in [0.5, 0.6) is 0 Å². The maximum Gasteiger partial charge on any atom is 0.0835 e. The van der Waals surface area contributed by atoms with Crippen LogP contribution in [0.25, 0.3) is 0 Å². The Balaban J connectivity index is 2.55. The highest BCUT2D eigenvalue weighted by atomic mass is 16.5. The van der Waals surface area contributed by atoms with Crippen molar-refractivity contribution in [3.63, 3.8) is 0 Å². The van der Waals surface area contributed by atoms with Crippen molar-refractivity contribution in [2.24, 2.45) is 11.7 Å². The Bertz CT molecular complexity index is 203. The van der Waals surface area contributed by atoms with Gasteiger partial charge in [0.15, 0.2) is 0 Å². The van der Waals surface area contributed by atoms with Crippen molar-refractivity contribution < 1.29 is 4.74 Å². The Kier molecular flexibility index (Phi) is 6.50. The summed E-state index contributed by atoms with van der Waals surface area (Å²) < 4.78 is 6.11. The lowest BCUT2D eigenvalue weighted by Gasteiger charge is -2.44. The summed E-state index contributed by atoms with van der Waals surface area (Å²) >= 11 is 0. The molecule has 0 aliphatic heterocycles. The molecule has 1 fully saturated rings. The molecule has 1 saturated carbocycles. The molecule has 0 radical (unpaired) electrons. The molecular formula is C15H31NO. The Morgan fingerprint density at radius 2 is 2.12 bits per heavy atom. The molecule has 0 saturated heterocycles. The average molecular weight is 241 g/mol. The van der Waals surface area contributed by atoms with Gasteiger partial charge in [0, 0.05) is 12.6 Å². The van der Waals surface area contributed by atoms with E-state index >= 15 is 0 Å². The predicted octanol–water partition coefficient (Wildman–Crippen LogP) is 3.88. The molecule has 3 unspecified atom stereocenters. The van der Waals surface area contributed by atoms with E-state index in [0.29, 0.717) is 0 Å². The summed E-state index contributed by atoms with van der Waals surface area (Å²) in [5.41, 5.74) is 6.43. The SMILES string of the molecule is CCCCCC(N)C1(OCC)CCCC(C)C1. The van der Waals surface area contributed by atoms with Crippen LogP contribution in [0, 0.1) is 5.92 Å². The van der Waals surface area contributed by atoms with Crippen LogP contribution in [0.2, 0.25) is 0 Å². The van der Waals surface area contributed by atoms with Gasteiger partial charge in [-0.3, -0.25) is 0 Å². The number of ether oxygens (including phenoxy) is 1. The van der Waals surface area contributed by atoms with E-state index in [1.165, 1.54) is 38.5 Å². The molecule has 102 valence electrons. The smallest absolute Gasteiger partial charge is 0.0835 e. The first-order chi connectivity index (χ1) is 8.14. The molecule has 0 heterocycles. The Morgan fingerprint density at radius 3 is 2.71 bits per heavy atom. The highest BCUT2D eigenvalue weighted by Gasteiger charge is 2.40. The van der Waals surface area contributed by atoms with Crippen molar-refractivity contribution in [2.75, 3.05) is 6.61 Å². The zero-order valence-corrected chi connectivity index (χ0v) is 12.0. The molecule has 0 amide bonds. The van der Waals surface area contributed by atoms with Crippen LogP contribution in [0.1, 0.15) is 72.1 Å². The van der Waals surface area contributed by atoms with E-state index in [1.807, 2.05) is 0 Å². The summed E-state index contributed by atoms with van der Waals surface area (Å²) in [7, 11) is 0. The van der Waals surface area contributed by atoms with E-state index in [9.17, 15) is 0 Å². The van der Waals surface area contributed by atoms with Crippen molar-refractivity contribution >= 4 is 0 Å². The molecule has 2 nitrogen and oxygen atoms in total. The Morgan fingerprint density at radius 1 is 1.35 bits per heavy atom. The summed E-state index contributed by atoms with van der Waals surface area (Å²) in [6.07, 6.45) is 9.89. The second-order valence-corrected chi connectivity index (χ2v) is 5.80. The van der Waals surface area contributed by atoms with E-state index in [0.717, 1.165) is 25.4 Å². The van der Waals surface area contributed by atoms with Crippen molar-refractivity contribution in [1.82, 2.24) is 0 Å². The van der Waals surface area contributed by atoms with Gasteiger partial charge >= 0.3 is 0 Å². The van der Waals surface area contributed by atoms with Gasteiger partial charge in [0.25, 0.3) is 0 Å². The van der Waals surface area contributed by atoms with Crippen LogP contribution in [0.15, 0.2) is 0 Å². The van der Waals surface area contributed by atoms with Gasteiger partial charge in [0.05, 0.1) is 5.60 Å². The number of hydrogen-bond acceptors (Lipinski definition) is 2. The molecule has 1 aliphatic rings. The minimum absolute atomic E-state index is 0.0137. The van der Waals surface area contributed by atoms with E-state index in [4.69, 9.17) is 10.5 Å². The summed E-state index contributed by atoms with van der Waals surface area (Å²) in [5.74, 6) is 0.771. The summed E-state index contributed by atoms with van der Waals surface area (Å²) in [5, 5.41) is 0. The van der Waals surface area contributed by atoms with Crippen LogP contribution in [-0.4, -0.2) is 18.2 Å². The zero-order chi connectivity index (χ0) is 12.7. The summed E-state index contributed by atoms with van der Waals surface area (Å²) in [4.78, 5) is 0. The predicted molar refractivity (Wildman–Crippen MR) is 74.1 cm³/mol. The van der Waals surface area contributed by atoms with E-state index in [2.05, 4.69) is 20.8 Å². The normalized spacial score (nSPS) is 31.4. The molecule has 0 aromatic carbocycles. The highest BCUT2D eigenvalue weighted by molar-refractivity contribution is 4.95. The lowest BCUT2D eigenvalue weighted by atomic mass is 9.73. The molecule has 0 bridgehead atoms. The minimum atomic E-state index is -0.0137. The van der Waals surface area contributed by atoms with Gasteiger partial charge in [-0.25, -0.2) is 0 Å². The first-order valence-corrected chi connectivity index (χ1v) is 7.54. The third-order valence-electron chi connectivity index (χ3n) is 4.22. The molecule has 0 spiro atoms. The van der Waals surface area contributed by atoms with Crippen LogP contribution in [0.3, 0.4) is 0 Å². The third kappa shape index (κ3) is 4.26. The standard InChI is InChI=1S/C15H31NO/c1-4-6-7-10-14(16)15(17-5-2)11-8-9-13(3)12-15/h13-14H,4-12,16H2,1-3H3. The van der Waals surface area contributed by atoms with Crippen molar-refractivity contribution in [1.29, 1.82) is 0 Å². The van der Waals surface area contributed by atoms with Crippen LogP contribution < -0.4 is 5.73 Å². The van der Waals surface area contributed by atoms with Crippen LogP contribution >= 0.6 is 0 Å². The van der Waals surface area contributed by atoms with Gasteiger partial charge in [-0.1, -0.05) is 46.0 Å². The van der Waals surface area contributed by atoms with E-state index < -0.39 is 0 Å². The molecule has 0 aromatic heterocycles. The van der Waals surface area contributed by atoms with Gasteiger partial charge in [0.2, 0.25) is 0 Å². The Labute approximate surface area is 107 Å². The molecule has 1 aliphatic carbocycles. The largest absolute Gasteiger partial charge is 0.374 e. The number of rotatable bonds is 7. The van der Waals surface area contributed by atoms with Gasteiger partial charge in [-0.15, -0.1) is 0 Å². The molecule has 2 heteroatoms. The molecule has 0 aromatic rings. The topological polar surface area (TPSA) is 35.2 Å². The van der Waals surface area contributed by atoms with Crippen LogP contribution in [-0.2, 0) is 4.74 Å². The summed E-state index contributed by atoms with van der Waals surface area (Å²) in [6, 6.07) is 0.233. The fraction of sp³-hybridized carbons (Fsp3) is 1.00. The molecule has 1 rings (SSSR count). The fourth-order valence-corrected chi connectivity index (χ4v) is 3.28. The average Bonchev–Trinajstić information content (AvgIpc) is 2.29. The van der Waals surface area contributed by atoms with E-state index in [1.54, 1.807) is 0 Å². The van der Waals surface area contributed by atoms with Gasteiger partial charge < -0.3 is 10.5 Å². The second kappa shape index (κ2) is 7.38. The number of unbranched alkanes of at least 4 members (excludes halogenated alkanes) is 2. The first kappa shape index (κ1) is 15.0. The van der Waals surface area contributed by atoms with Gasteiger partial charge in [-0.05, 0) is 32.1 Å². The van der Waals surface area contributed by atoms with Crippen molar-refractivity contribution in [3.8, 4) is 0 Å². The second-order valence-electron chi connectivity index (χ2n) is 5.80. The number of nitrogens with two attached hydrogens (primary N) is 1. The molecular weight excluding hydrogens is 210 g/mol. The number of hydrogen-bond donors (Lipinski definition) is 1. The monoisotopic (exact) mass is 241 g/mol. The highest BCUT2D eigenvalue weighted by Crippen LogP contribution is 2.38. The first-order valence-electron chi connectivity index (χ1n) is 7.54. The van der Waals surface area contributed by atoms with Gasteiger partial charge in [0.1, 0.15) is 0 Å². The maximum atomic E-state index is 6.45.